The normalized spacial score (nSPS) is 15.1. The maximum atomic E-state index is 10.6. The van der Waals surface area contributed by atoms with Crippen LogP contribution >= 0.6 is 0 Å². The minimum Gasteiger partial charge on any atom is -0.481 e. The van der Waals surface area contributed by atoms with Crippen molar-refractivity contribution in [3.8, 4) is 0 Å². The molecule has 14 heavy (non-hydrogen) atoms. The molecule has 0 aliphatic rings. The van der Waals surface area contributed by atoms with E-state index in [1.54, 1.807) is 6.92 Å². The fourth-order valence-corrected chi connectivity index (χ4v) is 1.74. The van der Waals surface area contributed by atoms with Crippen LogP contribution in [0, 0.1) is 11.8 Å². The molecule has 0 aliphatic heterocycles. The van der Waals surface area contributed by atoms with Crippen LogP contribution < -0.4 is 0 Å². The second kappa shape index (κ2) is 7.84. The molecule has 0 radical (unpaired) electrons. The van der Waals surface area contributed by atoms with Gasteiger partial charge in [0.05, 0.1) is 5.92 Å². The Balaban J connectivity index is 3.45. The summed E-state index contributed by atoms with van der Waals surface area (Å²) in [5.74, 6) is -0.292. The number of hydrogen-bond donors (Lipinski definition) is 1. The highest BCUT2D eigenvalue weighted by Crippen LogP contribution is 2.18. The Kier molecular flexibility index (Phi) is 7.54. The van der Waals surface area contributed by atoms with Crippen LogP contribution in [-0.2, 0) is 4.79 Å². The van der Waals surface area contributed by atoms with Gasteiger partial charge in [0.1, 0.15) is 0 Å². The van der Waals surface area contributed by atoms with Crippen LogP contribution in [0.25, 0.3) is 0 Å². The molecular weight excluding hydrogens is 176 g/mol. The number of aliphatic carboxylic acids is 1. The van der Waals surface area contributed by atoms with Gasteiger partial charge in [-0.25, -0.2) is 0 Å². The monoisotopic (exact) mass is 200 g/mol. The van der Waals surface area contributed by atoms with E-state index in [4.69, 9.17) is 5.11 Å². The Hall–Kier alpha value is -0.530. The summed E-state index contributed by atoms with van der Waals surface area (Å²) in [4.78, 5) is 10.6. The quantitative estimate of drug-likeness (QED) is 0.606. The zero-order chi connectivity index (χ0) is 11.0. The van der Waals surface area contributed by atoms with Gasteiger partial charge in [-0.1, -0.05) is 52.9 Å². The molecule has 2 atom stereocenters. The molecule has 0 aromatic carbocycles. The number of hydrogen-bond acceptors (Lipinski definition) is 1. The maximum Gasteiger partial charge on any atom is 0.306 e. The standard InChI is InChI=1S/C12H24O2/c1-4-5-6-7-8-10(2)9-11(3)12(13)14/h10-11H,4-9H2,1-3H3,(H,13,14)/t10-,11+/m0/s1. The fraction of sp³-hybridized carbons (Fsp3) is 0.917. The van der Waals surface area contributed by atoms with Crippen molar-refractivity contribution < 1.29 is 9.90 Å². The van der Waals surface area contributed by atoms with E-state index in [2.05, 4.69) is 13.8 Å². The minimum atomic E-state index is -0.662. The number of carbonyl (C=O) groups is 1. The van der Waals surface area contributed by atoms with Gasteiger partial charge < -0.3 is 5.11 Å². The van der Waals surface area contributed by atoms with Crippen LogP contribution in [0.5, 0.6) is 0 Å². The van der Waals surface area contributed by atoms with Gasteiger partial charge in [-0.15, -0.1) is 0 Å². The van der Waals surface area contributed by atoms with Crippen molar-refractivity contribution in [3.63, 3.8) is 0 Å². The van der Waals surface area contributed by atoms with Gasteiger partial charge in [0.15, 0.2) is 0 Å². The second-order valence-corrected chi connectivity index (χ2v) is 4.43. The van der Waals surface area contributed by atoms with Crippen molar-refractivity contribution in [1.82, 2.24) is 0 Å². The first-order valence-electron chi connectivity index (χ1n) is 5.80. The highest BCUT2D eigenvalue weighted by Gasteiger charge is 2.14. The van der Waals surface area contributed by atoms with Crippen molar-refractivity contribution in [3.05, 3.63) is 0 Å². The predicted octanol–water partition coefficient (Wildman–Crippen LogP) is 3.70. The van der Waals surface area contributed by atoms with Gasteiger partial charge in [-0.05, 0) is 12.3 Å². The molecule has 0 saturated heterocycles. The van der Waals surface area contributed by atoms with Crippen molar-refractivity contribution in [2.75, 3.05) is 0 Å². The molecule has 2 heteroatoms. The molecule has 2 nitrogen and oxygen atoms in total. The molecule has 0 aromatic rings. The highest BCUT2D eigenvalue weighted by atomic mass is 16.4. The van der Waals surface area contributed by atoms with E-state index < -0.39 is 5.97 Å². The molecule has 0 bridgehead atoms. The fourth-order valence-electron chi connectivity index (χ4n) is 1.74. The van der Waals surface area contributed by atoms with E-state index in [-0.39, 0.29) is 5.92 Å². The Bertz CT molecular complexity index is 154. The van der Waals surface area contributed by atoms with E-state index in [1.807, 2.05) is 0 Å². The first kappa shape index (κ1) is 13.5. The lowest BCUT2D eigenvalue weighted by molar-refractivity contribution is -0.141. The molecule has 84 valence electrons. The third-order valence-electron chi connectivity index (χ3n) is 2.73. The Labute approximate surface area is 87.7 Å². The van der Waals surface area contributed by atoms with Crippen molar-refractivity contribution in [2.24, 2.45) is 11.8 Å². The summed E-state index contributed by atoms with van der Waals surface area (Å²) < 4.78 is 0. The summed E-state index contributed by atoms with van der Waals surface area (Å²) in [6.45, 7) is 6.16. The average Bonchev–Trinajstić information content (AvgIpc) is 2.12. The molecule has 0 unspecified atom stereocenters. The first-order chi connectivity index (χ1) is 6.57. The molecule has 0 fully saturated rings. The van der Waals surface area contributed by atoms with E-state index in [0.717, 1.165) is 6.42 Å². The summed E-state index contributed by atoms with van der Waals surface area (Å²) in [5, 5.41) is 8.74. The van der Waals surface area contributed by atoms with Crippen LogP contribution in [0.4, 0.5) is 0 Å². The smallest absolute Gasteiger partial charge is 0.306 e. The lowest BCUT2D eigenvalue weighted by Crippen LogP contribution is -2.13. The molecule has 0 amide bonds. The Morgan fingerprint density at radius 3 is 2.36 bits per heavy atom. The van der Waals surface area contributed by atoms with Crippen LogP contribution in [-0.4, -0.2) is 11.1 Å². The minimum absolute atomic E-state index is 0.184. The summed E-state index contributed by atoms with van der Waals surface area (Å²) in [7, 11) is 0. The SMILES string of the molecule is CCCCCC[C@H](C)C[C@@H](C)C(=O)O. The van der Waals surface area contributed by atoms with Crippen LogP contribution in [0.1, 0.15) is 59.3 Å². The summed E-state index contributed by atoms with van der Waals surface area (Å²) >= 11 is 0. The number of unbranched alkanes of at least 4 members (excludes halogenated alkanes) is 3. The van der Waals surface area contributed by atoms with Crippen molar-refractivity contribution >= 4 is 5.97 Å². The lowest BCUT2D eigenvalue weighted by atomic mass is 9.93. The molecule has 0 aliphatic carbocycles. The van der Waals surface area contributed by atoms with Crippen LogP contribution in [0.15, 0.2) is 0 Å². The van der Waals surface area contributed by atoms with E-state index >= 15 is 0 Å². The average molecular weight is 200 g/mol. The molecule has 0 heterocycles. The van der Waals surface area contributed by atoms with Gasteiger partial charge in [0, 0.05) is 0 Å². The van der Waals surface area contributed by atoms with Crippen molar-refractivity contribution in [1.29, 1.82) is 0 Å². The largest absolute Gasteiger partial charge is 0.481 e. The third-order valence-corrected chi connectivity index (χ3v) is 2.73. The summed E-state index contributed by atoms with van der Waals surface area (Å²) in [6.07, 6.45) is 7.11. The van der Waals surface area contributed by atoms with E-state index in [9.17, 15) is 4.79 Å². The molecule has 0 saturated carbocycles. The molecule has 0 aromatic heterocycles. The molecular formula is C12H24O2. The van der Waals surface area contributed by atoms with Gasteiger partial charge in [0.25, 0.3) is 0 Å². The summed E-state index contributed by atoms with van der Waals surface area (Å²) in [5.41, 5.74) is 0. The maximum absolute atomic E-state index is 10.6. The first-order valence-corrected chi connectivity index (χ1v) is 5.80. The summed E-state index contributed by atoms with van der Waals surface area (Å²) in [6, 6.07) is 0. The number of carboxylic acids is 1. The van der Waals surface area contributed by atoms with Gasteiger partial charge >= 0.3 is 5.97 Å². The van der Waals surface area contributed by atoms with Gasteiger partial charge in [-0.3, -0.25) is 4.79 Å². The third kappa shape index (κ3) is 6.93. The van der Waals surface area contributed by atoms with E-state index in [1.165, 1.54) is 32.1 Å². The number of carboxylic acid groups (broad SMARTS) is 1. The zero-order valence-electron chi connectivity index (χ0n) is 9.75. The highest BCUT2D eigenvalue weighted by molar-refractivity contribution is 5.69. The zero-order valence-corrected chi connectivity index (χ0v) is 9.75. The molecule has 1 N–H and O–H groups in total. The lowest BCUT2D eigenvalue weighted by Gasteiger charge is -2.13. The van der Waals surface area contributed by atoms with Crippen LogP contribution in [0.2, 0.25) is 0 Å². The van der Waals surface area contributed by atoms with Crippen LogP contribution in [0.3, 0.4) is 0 Å². The molecule has 0 rings (SSSR count). The second-order valence-electron chi connectivity index (χ2n) is 4.43. The Morgan fingerprint density at radius 1 is 1.21 bits per heavy atom. The van der Waals surface area contributed by atoms with Gasteiger partial charge in [0.2, 0.25) is 0 Å². The molecule has 0 spiro atoms. The van der Waals surface area contributed by atoms with Crippen molar-refractivity contribution in [2.45, 2.75) is 59.3 Å². The number of rotatable bonds is 8. The van der Waals surface area contributed by atoms with E-state index in [0.29, 0.717) is 5.92 Å². The Morgan fingerprint density at radius 2 is 1.86 bits per heavy atom. The predicted molar refractivity (Wildman–Crippen MR) is 59.3 cm³/mol. The topological polar surface area (TPSA) is 37.3 Å². The van der Waals surface area contributed by atoms with Gasteiger partial charge in [-0.2, -0.15) is 0 Å².